The number of halogens is 4. The highest BCUT2D eigenvalue weighted by atomic mass is 35.5. The van der Waals surface area contributed by atoms with Crippen LogP contribution < -0.4 is 10.5 Å². The number of benzene rings is 1. The Balaban J connectivity index is 2.47. The van der Waals surface area contributed by atoms with Gasteiger partial charge in [-0.15, -0.1) is 0 Å². The number of methoxy groups -OCH3 is 1. The number of hydrogen-bond donors (Lipinski definition) is 1. The summed E-state index contributed by atoms with van der Waals surface area (Å²) in [6.45, 7) is -1.35. The summed E-state index contributed by atoms with van der Waals surface area (Å²) in [5.41, 5.74) is 6.50. The lowest BCUT2D eigenvalue weighted by atomic mass is 10.0. The van der Waals surface area contributed by atoms with E-state index in [1.54, 1.807) is 18.2 Å². The summed E-state index contributed by atoms with van der Waals surface area (Å²) in [5.74, 6) is 0.592. The van der Waals surface area contributed by atoms with Crippen molar-refractivity contribution in [2.24, 2.45) is 5.73 Å². The first-order valence-electron chi connectivity index (χ1n) is 5.57. The second-order valence-electron chi connectivity index (χ2n) is 3.95. The van der Waals surface area contributed by atoms with Gasteiger partial charge >= 0.3 is 6.18 Å². The van der Waals surface area contributed by atoms with Crippen LogP contribution in [0.2, 0.25) is 5.02 Å². The Morgan fingerprint density at radius 1 is 1.37 bits per heavy atom. The molecule has 1 unspecified atom stereocenters. The topological polar surface area (TPSA) is 44.5 Å². The van der Waals surface area contributed by atoms with Crippen molar-refractivity contribution in [1.29, 1.82) is 0 Å². The zero-order valence-electron chi connectivity index (χ0n) is 10.3. The average molecular weight is 298 g/mol. The third-order valence-electron chi connectivity index (χ3n) is 2.45. The molecule has 0 heterocycles. The Hall–Kier alpha value is -0.980. The van der Waals surface area contributed by atoms with Crippen molar-refractivity contribution in [2.45, 2.75) is 18.6 Å². The van der Waals surface area contributed by atoms with Gasteiger partial charge in [-0.2, -0.15) is 13.2 Å². The summed E-state index contributed by atoms with van der Waals surface area (Å²) in [7, 11) is 1.51. The average Bonchev–Trinajstić information content (AvgIpc) is 2.33. The minimum absolute atomic E-state index is 0.0803. The molecule has 0 aliphatic carbocycles. The van der Waals surface area contributed by atoms with E-state index in [1.807, 2.05) is 0 Å². The van der Waals surface area contributed by atoms with Crippen molar-refractivity contribution in [3.8, 4) is 5.75 Å². The van der Waals surface area contributed by atoms with Gasteiger partial charge in [-0.25, -0.2) is 0 Å². The molecule has 7 heteroatoms. The fraction of sp³-hybridized carbons (Fsp3) is 0.500. The van der Waals surface area contributed by atoms with E-state index in [4.69, 9.17) is 22.1 Å². The third-order valence-corrected chi connectivity index (χ3v) is 2.77. The Bertz CT molecular complexity index is 412. The standard InChI is InChI=1S/C12H15ClF3NO2/c1-18-8-2-3-9(10(13)6-8)11(17)4-5-19-7-12(14,15)16/h2-3,6,11H,4-5,7,17H2,1H3. The summed E-state index contributed by atoms with van der Waals surface area (Å²) < 4.78 is 45.1. The minimum atomic E-state index is -4.32. The largest absolute Gasteiger partial charge is 0.497 e. The third kappa shape index (κ3) is 5.67. The highest BCUT2D eigenvalue weighted by Gasteiger charge is 2.27. The van der Waals surface area contributed by atoms with Crippen LogP contribution in [0.5, 0.6) is 5.75 Å². The zero-order valence-corrected chi connectivity index (χ0v) is 11.1. The quantitative estimate of drug-likeness (QED) is 0.819. The van der Waals surface area contributed by atoms with E-state index < -0.39 is 18.8 Å². The van der Waals surface area contributed by atoms with Gasteiger partial charge in [0.05, 0.1) is 7.11 Å². The van der Waals surface area contributed by atoms with Crippen LogP contribution >= 0.6 is 11.6 Å². The monoisotopic (exact) mass is 297 g/mol. The fourth-order valence-corrected chi connectivity index (χ4v) is 1.80. The molecule has 1 aromatic carbocycles. The van der Waals surface area contributed by atoms with E-state index in [0.29, 0.717) is 16.3 Å². The molecular formula is C12H15ClF3NO2. The predicted octanol–water partition coefficient (Wildman–Crippen LogP) is 3.32. The van der Waals surface area contributed by atoms with Crippen LogP contribution in [0.4, 0.5) is 13.2 Å². The zero-order chi connectivity index (χ0) is 14.5. The van der Waals surface area contributed by atoms with Crippen LogP contribution in [0.1, 0.15) is 18.0 Å². The molecule has 3 nitrogen and oxygen atoms in total. The van der Waals surface area contributed by atoms with E-state index in [0.717, 1.165) is 0 Å². The molecule has 1 rings (SSSR count). The van der Waals surface area contributed by atoms with Gasteiger partial charge in [-0.3, -0.25) is 0 Å². The van der Waals surface area contributed by atoms with Gasteiger partial charge in [-0.05, 0) is 24.1 Å². The Kier molecular flexibility index (Phi) is 5.90. The molecule has 1 atom stereocenters. The summed E-state index contributed by atoms with van der Waals surface area (Å²) in [4.78, 5) is 0. The second-order valence-corrected chi connectivity index (χ2v) is 4.36. The fourth-order valence-electron chi connectivity index (χ4n) is 1.49. The van der Waals surface area contributed by atoms with Crippen LogP contribution in [-0.4, -0.2) is 26.5 Å². The lowest BCUT2D eigenvalue weighted by Gasteiger charge is -2.15. The van der Waals surface area contributed by atoms with Gasteiger partial charge in [-0.1, -0.05) is 17.7 Å². The summed E-state index contributed by atoms with van der Waals surface area (Å²) >= 11 is 6.01. The maximum absolute atomic E-state index is 11.9. The molecule has 0 fully saturated rings. The Morgan fingerprint density at radius 3 is 2.58 bits per heavy atom. The molecule has 0 bridgehead atoms. The smallest absolute Gasteiger partial charge is 0.411 e. The molecule has 2 N–H and O–H groups in total. The van der Waals surface area contributed by atoms with Crippen molar-refractivity contribution in [2.75, 3.05) is 20.3 Å². The highest BCUT2D eigenvalue weighted by molar-refractivity contribution is 6.31. The lowest BCUT2D eigenvalue weighted by molar-refractivity contribution is -0.174. The summed E-state index contributed by atoms with van der Waals surface area (Å²) in [6.07, 6.45) is -4.07. The van der Waals surface area contributed by atoms with Crippen molar-refractivity contribution in [3.63, 3.8) is 0 Å². The molecular weight excluding hydrogens is 283 g/mol. The molecule has 0 saturated heterocycles. The molecule has 108 valence electrons. The van der Waals surface area contributed by atoms with Crippen LogP contribution in [0.3, 0.4) is 0 Å². The summed E-state index contributed by atoms with van der Waals surface area (Å²) in [5, 5.41) is 0.419. The first-order chi connectivity index (χ1) is 8.83. The van der Waals surface area contributed by atoms with Crippen molar-refractivity contribution >= 4 is 11.6 Å². The Morgan fingerprint density at radius 2 is 2.05 bits per heavy atom. The van der Waals surface area contributed by atoms with Gasteiger partial charge in [0.15, 0.2) is 0 Å². The first kappa shape index (κ1) is 16.1. The highest BCUT2D eigenvalue weighted by Crippen LogP contribution is 2.27. The van der Waals surface area contributed by atoms with Gasteiger partial charge < -0.3 is 15.2 Å². The van der Waals surface area contributed by atoms with Crippen LogP contribution in [0, 0.1) is 0 Å². The van der Waals surface area contributed by atoms with Crippen LogP contribution in [-0.2, 0) is 4.74 Å². The molecule has 0 aliphatic rings. The molecule has 0 amide bonds. The van der Waals surface area contributed by atoms with Crippen molar-refractivity contribution < 1.29 is 22.6 Å². The minimum Gasteiger partial charge on any atom is -0.497 e. The number of rotatable bonds is 6. The Labute approximate surface area is 114 Å². The van der Waals surface area contributed by atoms with E-state index in [-0.39, 0.29) is 13.0 Å². The van der Waals surface area contributed by atoms with Gasteiger partial charge in [0.2, 0.25) is 0 Å². The number of hydrogen-bond acceptors (Lipinski definition) is 3. The number of alkyl halides is 3. The van der Waals surface area contributed by atoms with Crippen molar-refractivity contribution in [1.82, 2.24) is 0 Å². The maximum Gasteiger partial charge on any atom is 0.411 e. The first-order valence-corrected chi connectivity index (χ1v) is 5.95. The van der Waals surface area contributed by atoms with E-state index >= 15 is 0 Å². The molecule has 0 aromatic heterocycles. The molecule has 0 spiro atoms. The van der Waals surface area contributed by atoms with E-state index in [1.165, 1.54) is 7.11 Å². The second kappa shape index (κ2) is 6.98. The van der Waals surface area contributed by atoms with Gasteiger partial charge in [0.1, 0.15) is 12.4 Å². The van der Waals surface area contributed by atoms with E-state index in [9.17, 15) is 13.2 Å². The van der Waals surface area contributed by atoms with Crippen LogP contribution in [0.15, 0.2) is 18.2 Å². The summed E-state index contributed by atoms with van der Waals surface area (Å²) in [6, 6.07) is 4.51. The van der Waals surface area contributed by atoms with Gasteiger partial charge in [0.25, 0.3) is 0 Å². The molecule has 1 aromatic rings. The predicted molar refractivity (Wildman–Crippen MR) is 66.4 cm³/mol. The normalized spacial score (nSPS) is 13.4. The molecule has 0 saturated carbocycles. The van der Waals surface area contributed by atoms with Crippen LogP contribution in [0.25, 0.3) is 0 Å². The lowest BCUT2D eigenvalue weighted by Crippen LogP contribution is -2.19. The van der Waals surface area contributed by atoms with Crippen molar-refractivity contribution in [3.05, 3.63) is 28.8 Å². The molecule has 0 radical (unpaired) electrons. The van der Waals surface area contributed by atoms with E-state index in [2.05, 4.69) is 4.74 Å². The number of ether oxygens (including phenoxy) is 2. The molecule has 19 heavy (non-hydrogen) atoms. The maximum atomic E-state index is 11.9. The SMILES string of the molecule is COc1ccc(C(N)CCOCC(F)(F)F)c(Cl)c1. The number of nitrogens with two attached hydrogens (primary N) is 1. The molecule has 0 aliphatic heterocycles. The van der Waals surface area contributed by atoms with Gasteiger partial charge in [0, 0.05) is 17.7 Å².